The lowest BCUT2D eigenvalue weighted by Gasteiger charge is -2.03. The van der Waals surface area contributed by atoms with E-state index in [0.717, 1.165) is 26.5 Å². The summed E-state index contributed by atoms with van der Waals surface area (Å²) in [6.07, 6.45) is 0. The standard InChI is InChI=1S/C15H12FNO2S/c1-18-11-7-8-12(19-2)14-13(11)17-15(20-14)9-3-5-10(16)6-4-9/h3-8H,1-2H3. The van der Waals surface area contributed by atoms with Gasteiger partial charge in [-0.25, -0.2) is 9.37 Å². The predicted octanol–water partition coefficient (Wildman–Crippen LogP) is 4.12. The van der Waals surface area contributed by atoms with E-state index in [0.29, 0.717) is 5.75 Å². The third-order valence-corrected chi connectivity index (χ3v) is 4.12. The van der Waals surface area contributed by atoms with E-state index in [2.05, 4.69) is 4.98 Å². The van der Waals surface area contributed by atoms with E-state index in [1.807, 2.05) is 12.1 Å². The van der Waals surface area contributed by atoms with Crippen molar-refractivity contribution in [3.05, 3.63) is 42.2 Å². The zero-order valence-electron chi connectivity index (χ0n) is 11.0. The Bertz CT molecular complexity index is 711. The van der Waals surface area contributed by atoms with Crippen LogP contribution in [-0.4, -0.2) is 19.2 Å². The molecule has 0 saturated heterocycles. The number of methoxy groups -OCH3 is 2. The molecule has 3 rings (SSSR count). The summed E-state index contributed by atoms with van der Waals surface area (Å²) >= 11 is 1.50. The van der Waals surface area contributed by atoms with Crippen LogP contribution in [0, 0.1) is 5.82 Å². The first-order valence-electron chi connectivity index (χ1n) is 6.00. The number of fused-ring (bicyclic) bond motifs is 1. The Labute approximate surface area is 119 Å². The highest BCUT2D eigenvalue weighted by Crippen LogP contribution is 2.40. The third-order valence-electron chi connectivity index (χ3n) is 3.00. The van der Waals surface area contributed by atoms with Crippen molar-refractivity contribution in [2.45, 2.75) is 0 Å². The summed E-state index contributed by atoms with van der Waals surface area (Å²) < 4.78 is 24.6. The second-order valence-corrected chi connectivity index (χ2v) is 5.17. The molecule has 0 fully saturated rings. The molecule has 3 aromatic rings. The fourth-order valence-electron chi connectivity index (χ4n) is 2.00. The summed E-state index contributed by atoms with van der Waals surface area (Å²) in [4.78, 5) is 4.58. The van der Waals surface area contributed by atoms with Gasteiger partial charge in [0.05, 0.1) is 14.2 Å². The molecule has 20 heavy (non-hydrogen) atoms. The molecular formula is C15H12FNO2S. The molecule has 0 atom stereocenters. The van der Waals surface area contributed by atoms with Crippen molar-refractivity contribution in [3.8, 4) is 22.1 Å². The van der Waals surface area contributed by atoms with Crippen molar-refractivity contribution in [3.63, 3.8) is 0 Å². The first-order chi connectivity index (χ1) is 9.72. The Morgan fingerprint density at radius 1 is 0.950 bits per heavy atom. The molecule has 0 bridgehead atoms. The lowest BCUT2D eigenvalue weighted by molar-refractivity contribution is 0.410. The Morgan fingerprint density at radius 3 is 2.25 bits per heavy atom. The van der Waals surface area contributed by atoms with Crippen LogP contribution in [0.1, 0.15) is 0 Å². The van der Waals surface area contributed by atoms with E-state index in [9.17, 15) is 4.39 Å². The first-order valence-corrected chi connectivity index (χ1v) is 6.82. The molecule has 0 saturated carbocycles. The van der Waals surface area contributed by atoms with E-state index in [4.69, 9.17) is 9.47 Å². The average Bonchev–Trinajstić information content (AvgIpc) is 2.92. The lowest BCUT2D eigenvalue weighted by atomic mass is 10.2. The predicted molar refractivity (Wildman–Crippen MR) is 78.1 cm³/mol. The van der Waals surface area contributed by atoms with Gasteiger partial charge in [0, 0.05) is 5.56 Å². The van der Waals surface area contributed by atoms with Crippen LogP contribution >= 0.6 is 11.3 Å². The van der Waals surface area contributed by atoms with Gasteiger partial charge in [-0.15, -0.1) is 11.3 Å². The fraction of sp³-hybridized carbons (Fsp3) is 0.133. The Hall–Kier alpha value is -2.14. The van der Waals surface area contributed by atoms with Crippen LogP contribution in [0.3, 0.4) is 0 Å². The number of ether oxygens (including phenoxy) is 2. The van der Waals surface area contributed by atoms with Gasteiger partial charge in [0.1, 0.15) is 32.5 Å². The number of hydrogen-bond acceptors (Lipinski definition) is 4. The van der Waals surface area contributed by atoms with Crippen LogP contribution in [0.25, 0.3) is 20.8 Å². The van der Waals surface area contributed by atoms with E-state index in [1.165, 1.54) is 23.5 Å². The lowest BCUT2D eigenvalue weighted by Crippen LogP contribution is -1.87. The van der Waals surface area contributed by atoms with Crippen LogP contribution in [0.15, 0.2) is 36.4 Å². The van der Waals surface area contributed by atoms with E-state index >= 15 is 0 Å². The highest BCUT2D eigenvalue weighted by atomic mass is 32.1. The summed E-state index contributed by atoms with van der Waals surface area (Å²) in [5.74, 6) is 1.20. The molecule has 0 amide bonds. The molecule has 102 valence electrons. The van der Waals surface area contributed by atoms with Crippen molar-refractivity contribution in [2.24, 2.45) is 0 Å². The minimum atomic E-state index is -0.259. The largest absolute Gasteiger partial charge is 0.495 e. The molecule has 0 N–H and O–H groups in total. The molecule has 1 aromatic heterocycles. The Kier molecular flexibility index (Phi) is 3.28. The second-order valence-electron chi connectivity index (χ2n) is 4.17. The summed E-state index contributed by atoms with van der Waals surface area (Å²) in [5.41, 5.74) is 1.63. The summed E-state index contributed by atoms with van der Waals surface area (Å²) in [5, 5.41) is 0.808. The summed E-state index contributed by atoms with van der Waals surface area (Å²) in [7, 11) is 3.23. The maximum absolute atomic E-state index is 13.0. The zero-order chi connectivity index (χ0) is 14.1. The van der Waals surface area contributed by atoms with Gasteiger partial charge in [-0.1, -0.05) is 0 Å². The number of thiazole rings is 1. The Morgan fingerprint density at radius 2 is 1.60 bits per heavy atom. The molecule has 0 aliphatic rings. The van der Waals surface area contributed by atoms with Crippen molar-refractivity contribution >= 4 is 21.6 Å². The number of aromatic nitrogens is 1. The Balaban J connectivity index is 2.21. The molecule has 0 unspecified atom stereocenters. The molecule has 0 radical (unpaired) electrons. The topological polar surface area (TPSA) is 31.4 Å². The number of hydrogen-bond donors (Lipinski definition) is 0. The van der Waals surface area contributed by atoms with E-state index in [-0.39, 0.29) is 5.82 Å². The molecule has 0 aliphatic heterocycles. The van der Waals surface area contributed by atoms with Crippen LogP contribution in [0.2, 0.25) is 0 Å². The maximum Gasteiger partial charge on any atom is 0.146 e. The third kappa shape index (κ3) is 2.10. The zero-order valence-corrected chi connectivity index (χ0v) is 11.8. The van der Waals surface area contributed by atoms with Gasteiger partial charge in [-0.2, -0.15) is 0 Å². The molecule has 3 nitrogen and oxygen atoms in total. The van der Waals surface area contributed by atoms with Gasteiger partial charge >= 0.3 is 0 Å². The molecule has 1 heterocycles. The van der Waals surface area contributed by atoms with Crippen molar-refractivity contribution < 1.29 is 13.9 Å². The minimum Gasteiger partial charge on any atom is -0.495 e. The molecular weight excluding hydrogens is 277 g/mol. The fourth-order valence-corrected chi connectivity index (χ4v) is 3.08. The van der Waals surface area contributed by atoms with Crippen molar-refractivity contribution in [2.75, 3.05) is 14.2 Å². The maximum atomic E-state index is 13.0. The average molecular weight is 289 g/mol. The smallest absolute Gasteiger partial charge is 0.146 e. The van der Waals surface area contributed by atoms with Gasteiger partial charge in [0.2, 0.25) is 0 Å². The van der Waals surface area contributed by atoms with Crippen LogP contribution < -0.4 is 9.47 Å². The van der Waals surface area contributed by atoms with Gasteiger partial charge < -0.3 is 9.47 Å². The minimum absolute atomic E-state index is 0.259. The molecule has 2 aromatic carbocycles. The SMILES string of the molecule is COc1ccc(OC)c2sc(-c3ccc(F)cc3)nc12. The summed E-state index contributed by atoms with van der Waals surface area (Å²) in [6, 6.07) is 9.97. The van der Waals surface area contributed by atoms with E-state index in [1.54, 1.807) is 26.4 Å². The molecule has 0 spiro atoms. The highest BCUT2D eigenvalue weighted by molar-refractivity contribution is 7.22. The van der Waals surface area contributed by atoms with Gasteiger partial charge in [-0.05, 0) is 36.4 Å². The quantitative estimate of drug-likeness (QED) is 0.727. The van der Waals surface area contributed by atoms with Crippen molar-refractivity contribution in [1.82, 2.24) is 4.98 Å². The molecule has 5 heteroatoms. The first kappa shape index (κ1) is 12.9. The van der Waals surface area contributed by atoms with Crippen molar-refractivity contribution in [1.29, 1.82) is 0 Å². The monoisotopic (exact) mass is 289 g/mol. The number of benzene rings is 2. The van der Waals surface area contributed by atoms with Crippen LogP contribution in [0.4, 0.5) is 4.39 Å². The van der Waals surface area contributed by atoms with Crippen LogP contribution in [0.5, 0.6) is 11.5 Å². The van der Waals surface area contributed by atoms with Gasteiger partial charge in [0.25, 0.3) is 0 Å². The van der Waals surface area contributed by atoms with Gasteiger partial charge in [-0.3, -0.25) is 0 Å². The number of halogens is 1. The molecule has 0 aliphatic carbocycles. The van der Waals surface area contributed by atoms with Crippen LogP contribution in [-0.2, 0) is 0 Å². The number of nitrogens with zero attached hydrogens (tertiary/aromatic N) is 1. The highest BCUT2D eigenvalue weighted by Gasteiger charge is 2.14. The summed E-state index contributed by atoms with van der Waals surface area (Å²) in [6.45, 7) is 0. The van der Waals surface area contributed by atoms with E-state index < -0.39 is 0 Å². The number of rotatable bonds is 3. The van der Waals surface area contributed by atoms with Gasteiger partial charge in [0.15, 0.2) is 0 Å². The normalized spacial score (nSPS) is 10.8. The second kappa shape index (κ2) is 5.09.